The van der Waals surface area contributed by atoms with Gasteiger partial charge < -0.3 is 4.52 Å². The van der Waals surface area contributed by atoms with E-state index in [1.54, 1.807) is 6.92 Å². The van der Waals surface area contributed by atoms with Gasteiger partial charge in [-0.05, 0) is 6.92 Å². The van der Waals surface area contributed by atoms with Gasteiger partial charge >= 0.3 is 6.18 Å². The maximum absolute atomic E-state index is 12.6. The minimum atomic E-state index is -4.72. The molecule has 0 spiro atoms. The van der Waals surface area contributed by atoms with Crippen molar-refractivity contribution in [3.8, 4) is 11.5 Å². The normalized spacial score (nSPS) is 11.9. The van der Waals surface area contributed by atoms with E-state index < -0.39 is 22.0 Å². The van der Waals surface area contributed by atoms with Crippen LogP contribution in [-0.2, 0) is 6.18 Å². The molecule has 18 heavy (non-hydrogen) atoms. The smallest absolute Gasteiger partial charge is 0.361 e. The molecule has 0 fully saturated rings. The van der Waals surface area contributed by atoms with E-state index in [1.807, 2.05) is 0 Å². The van der Waals surface area contributed by atoms with Gasteiger partial charge in [-0.3, -0.25) is 0 Å². The molecule has 0 aliphatic rings. The Labute approximate surface area is 109 Å². The van der Waals surface area contributed by atoms with Crippen molar-refractivity contribution in [1.82, 2.24) is 15.1 Å². The Kier molecular flexibility index (Phi) is 3.20. The van der Waals surface area contributed by atoms with Crippen molar-refractivity contribution in [2.75, 3.05) is 0 Å². The van der Waals surface area contributed by atoms with Gasteiger partial charge in [-0.2, -0.15) is 13.2 Å². The quantitative estimate of drug-likeness (QED) is 0.752. The van der Waals surface area contributed by atoms with Crippen LogP contribution in [0.5, 0.6) is 0 Å². The Morgan fingerprint density at radius 3 is 2.11 bits per heavy atom. The van der Waals surface area contributed by atoms with Gasteiger partial charge in [0.05, 0.1) is 0 Å². The Morgan fingerprint density at radius 1 is 1.17 bits per heavy atom. The minimum Gasteiger partial charge on any atom is -0.361 e. The van der Waals surface area contributed by atoms with Gasteiger partial charge in [-0.1, -0.05) is 28.4 Å². The van der Waals surface area contributed by atoms with E-state index in [4.69, 9.17) is 27.7 Å². The molecule has 4 nitrogen and oxygen atoms in total. The lowest BCUT2D eigenvalue weighted by Crippen LogP contribution is -2.10. The molecule has 0 saturated heterocycles. The molecule has 2 rings (SSSR count). The molecule has 0 unspecified atom stereocenters. The Hall–Kier alpha value is -1.34. The molecule has 0 aromatic carbocycles. The zero-order valence-electron chi connectivity index (χ0n) is 8.72. The third-order valence-electron chi connectivity index (χ3n) is 1.96. The molecule has 96 valence electrons. The zero-order valence-corrected chi connectivity index (χ0v) is 10.2. The van der Waals surface area contributed by atoms with Gasteiger partial charge in [-0.25, -0.2) is 9.97 Å². The van der Waals surface area contributed by atoms with E-state index in [1.165, 1.54) is 6.07 Å². The summed E-state index contributed by atoms with van der Waals surface area (Å²) in [6, 6.07) is 1.45. The summed E-state index contributed by atoms with van der Waals surface area (Å²) in [5, 5.41) is 2.00. The fourth-order valence-corrected chi connectivity index (χ4v) is 1.83. The summed E-state index contributed by atoms with van der Waals surface area (Å²) in [6.07, 6.45) is -4.72. The fraction of sp³-hybridized carbons (Fsp3) is 0.222. The highest BCUT2D eigenvalue weighted by Crippen LogP contribution is 2.38. The standard InChI is InChI=1S/C9H4Cl2F3N3O/c1-3-2-4(17-18-3)8-15-6(10)5(7(11)16-8)9(12,13)14/h2H,1H3. The largest absolute Gasteiger partial charge is 0.422 e. The van der Waals surface area contributed by atoms with Crippen LogP contribution < -0.4 is 0 Å². The first-order valence-electron chi connectivity index (χ1n) is 4.53. The van der Waals surface area contributed by atoms with Crippen LogP contribution >= 0.6 is 23.2 Å². The molecule has 0 aliphatic heterocycles. The van der Waals surface area contributed by atoms with Crippen LogP contribution in [-0.4, -0.2) is 15.1 Å². The molecule has 2 heterocycles. The molecule has 0 aliphatic carbocycles. The molecule has 2 aromatic heterocycles. The number of rotatable bonds is 1. The number of hydrogen-bond donors (Lipinski definition) is 0. The molecule has 0 amide bonds. The lowest BCUT2D eigenvalue weighted by Gasteiger charge is -2.09. The van der Waals surface area contributed by atoms with E-state index >= 15 is 0 Å². The van der Waals surface area contributed by atoms with Gasteiger partial charge in [0.1, 0.15) is 21.6 Å². The van der Waals surface area contributed by atoms with Crippen LogP contribution in [0.15, 0.2) is 10.6 Å². The topological polar surface area (TPSA) is 51.8 Å². The lowest BCUT2D eigenvalue weighted by atomic mass is 10.3. The van der Waals surface area contributed by atoms with Gasteiger partial charge in [-0.15, -0.1) is 0 Å². The Bertz CT molecular complexity index is 574. The third-order valence-corrected chi connectivity index (χ3v) is 2.51. The molecule has 2 aromatic rings. The fourth-order valence-electron chi connectivity index (χ4n) is 1.23. The lowest BCUT2D eigenvalue weighted by molar-refractivity contribution is -0.137. The number of aromatic nitrogens is 3. The van der Waals surface area contributed by atoms with Gasteiger partial charge in [0.25, 0.3) is 0 Å². The summed E-state index contributed by atoms with van der Waals surface area (Å²) in [5.41, 5.74) is -1.11. The molecular formula is C9H4Cl2F3N3O. The van der Waals surface area contributed by atoms with Crippen LogP contribution in [0, 0.1) is 6.92 Å². The summed E-state index contributed by atoms with van der Waals surface area (Å²) in [4.78, 5) is 7.02. The predicted octanol–water partition coefficient (Wildman–Crippen LogP) is 3.77. The third kappa shape index (κ3) is 2.41. The van der Waals surface area contributed by atoms with Crippen LogP contribution in [0.3, 0.4) is 0 Å². The van der Waals surface area contributed by atoms with E-state index in [-0.39, 0.29) is 11.5 Å². The van der Waals surface area contributed by atoms with Crippen molar-refractivity contribution in [3.63, 3.8) is 0 Å². The number of aryl methyl sites for hydroxylation is 1. The van der Waals surface area contributed by atoms with Gasteiger partial charge in [0.15, 0.2) is 11.5 Å². The SMILES string of the molecule is Cc1cc(-c2nc(Cl)c(C(F)(F)F)c(Cl)n2)no1. The first kappa shape index (κ1) is 13.1. The predicted molar refractivity (Wildman–Crippen MR) is 57.3 cm³/mol. The van der Waals surface area contributed by atoms with Crippen molar-refractivity contribution in [1.29, 1.82) is 0 Å². The number of alkyl halides is 3. The summed E-state index contributed by atoms with van der Waals surface area (Å²) in [7, 11) is 0. The minimum absolute atomic E-state index is 0.130. The number of halogens is 5. The van der Waals surface area contributed by atoms with Crippen LogP contribution in [0.4, 0.5) is 13.2 Å². The second-order valence-electron chi connectivity index (χ2n) is 3.32. The van der Waals surface area contributed by atoms with Crippen molar-refractivity contribution in [3.05, 3.63) is 27.7 Å². The number of hydrogen-bond acceptors (Lipinski definition) is 4. The van der Waals surface area contributed by atoms with Crippen molar-refractivity contribution < 1.29 is 17.7 Å². The van der Waals surface area contributed by atoms with E-state index in [9.17, 15) is 13.2 Å². The summed E-state index contributed by atoms with van der Waals surface area (Å²) in [6.45, 7) is 1.61. The molecule has 0 saturated carbocycles. The van der Waals surface area contributed by atoms with Gasteiger partial charge in [0, 0.05) is 6.07 Å². The van der Waals surface area contributed by atoms with E-state index in [0.29, 0.717) is 5.76 Å². The van der Waals surface area contributed by atoms with Crippen molar-refractivity contribution in [2.45, 2.75) is 13.1 Å². The van der Waals surface area contributed by atoms with Crippen molar-refractivity contribution >= 4 is 23.2 Å². The second-order valence-corrected chi connectivity index (χ2v) is 4.04. The highest BCUT2D eigenvalue weighted by Gasteiger charge is 2.38. The van der Waals surface area contributed by atoms with Crippen molar-refractivity contribution in [2.24, 2.45) is 0 Å². The Morgan fingerprint density at radius 2 is 1.72 bits per heavy atom. The molecule has 0 bridgehead atoms. The average Bonchev–Trinajstić information content (AvgIpc) is 2.61. The molecular weight excluding hydrogens is 294 g/mol. The first-order chi connectivity index (χ1) is 8.29. The maximum Gasteiger partial charge on any atom is 0.422 e. The average molecular weight is 298 g/mol. The highest BCUT2D eigenvalue weighted by molar-refractivity contribution is 6.34. The Balaban J connectivity index is 2.56. The molecule has 0 atom stereocenters. The van der Waals surface area contributed by atoms with Gasteiger partial charge in [0.2, 0.25) is 0 Å². The maximum atomic E-state index is 12.6. The van der Waals surface area contributed by atoms with Crippen LogP contribution in [0.1, 0.15) is 11.3 Å². The summed E-state index contributed by atoms with van der Waals surface area (Å²) < 4.78 is 42.5. The summed E-state index contributed by atoms with van der Waals surface area (Å²) in [5.74, 6) is 0.329. The van der Waals surface area contributed by atoms with E-state index in [0.717, 1.165) is 0 Å². The van der Waals surface area contributed by atoms with Crippen LogP contribution in [0.25, 0.3) is 11.5 Å². The summed E-state index contributed by atoms with van der Waals surface area (Å²) >= 11 is 10.9. The first-order valence-corrected chi connectivity index (χ1v) is 5.28. The monoisotopic (exact) mass is 297 g/mol. The van der Waals surface area contributed by atoms with Crippen LogP contribution in [0.2, 0.25) is 10.3 Å². The highest BCUT2D eigenvalue weighted by atomic mass is 35.5. The molecule has 0 N–H and O–H groups in total. The zero-order chi connectivity index (χ0) is 13.5. The molecule has 0 radical (unpaired) electrons. The van der Waals surface area contributed by atoms with E-state index in [2.05, 4.69) is 15.1 Å². The molecule has 9 heteroatoms. The second kappa shape index (κ2) is 4.40. The number of nitrogens with zero attached hydrogens (tertiary/aromatic N) is 3.